The van der Waals surface area contributed by atoms with Gasteiger partial charge in [-0.3, -0.25) is 4.79 Å². The van der Waals surface area contributed by atoms with Crippen LogP contribution in [0.4, 0.5) is 11.9 Å². The third-order valence-corrected chi connectivity index (χ3v) is 3.28. The first-order chi connectivity index (χ1) is 9.77. The highest BCUT2D eigenvalue weighted by Gasteiger charge is 2.30. The summed E-state index contributed by atoms with van der Waals surface area (Å²) in [5.74, 6) is 0.0940. The Morgan fingerprint density at radius 1 is 1.38 bits per heavy atom. The second-order valence-corrected chi connectivity index (χ2v) is 5.98. The van der Waals surface area contributed by atoms with E-state index in [1.165, 1.54) is 0 Å². The van der Waals surface area contributed by atoms with Crippen LogP contribution in [0.15, 0.2) is 0 Å². The van der Waals surface area contributed by atoms with Crippen molar-refractivity contribution in [3.63, 3.8) is 0 Å². The summed E-state index contributed by atoms with van der Waals surface area (Å²) in [5, 5.41) is 2.94. The molecule has 0 radical (unpaired) electrons. The number of nitrogen functional groups attached to an aromatic ring is 1. The highest BCUT2D eigenvalue weighted by Crippen LogP contribution is 2.24. The zero-order valence-electron chi connectivity index (χ0n) is 12.9. The number of ether oxygens (including phenoxy) is 1. The zero-order chi connectivity index (χ0) is 15.6. The molecule has 0 aliphatic carbocycles. The van der Waals surface area contributed by atoms with Gasteiger partial charge in [-0.05, 0) is 26.7 Å². The number of hydrogen-bond donors (Lipinski definition) is 2. The summed E-state index contributed by atoms with van der Waals surface area (Å²) in [4.78, 5) is 25.9. The van der Waals surface area contributed by atoms with E-state index in [0.717, 1.165) is 12.8 Å². The van der Waals surface area contributed by atoms with E-state index in [4.69, 9.17) is 10.5 Å². The van der Waals surface area contributed by atoms with E-state index in [0.29, 0.717) is 12.6 Å². The molecule has 1 amide bonds. The van der Waals surface area contributed by atoms with Crippen LogP contribution in [0.5, 0.6) is 0 Å². The number of nitrogens with two attached hydrogens (primary N) is 1. The summed E-state index contributed by atoms with van der Waals surface area (Å²) in [7, 11) is 3.55. The summed E-state index contributed by atoms with van der Waals surface area (Å²) in [5.41, 5.74) is 5.39. The van der Waals surface area contributed by atoms with E-state index in [9.17, 15) is 4.79 Å². The lowest BCUT2D eigenvalue weighted by atomic mass is 9.94. The number of hydrogen-bond acceptors (Lipinski definition) is 7. The number of nitrogens with zero attached hydrogens (tertiary/aromatic N) is 4. The van der Waals surface area contributed by atoms with Gasteiger partial charge in [-0.25, -0.2) is 0 Å². The Morgan fingerprint density at radius 3 is 2.71 bits per heavy atom. The Labute approximate surface area is 124 Å². The maximum atomic E-state index is 12.3. The van der Waals surface area contributed by atoms with Crippen LogP contribution in [-0.2, 0) is 4.74 Å². The van der Waals surface area contributed by atoms with Crippen LogP contribution in [0.25, 0.3) is 0 Å². The van der Waals surface area contributed by atoms with E-state index >= 15 is 0 Å². The third kappa shape index (κ3) is 4.01. The second-order valence-electron chi connectivity index (χ2n) is 5.98. The minimum Gasteiger partial charge on any atom is -0.375 e. The topological polar surface area (TPSA) is 106 Å². The van der Waals surface area contributed by atoms with Gasteiger partial charge >= 0.3 is 0 Å². The van der Waals surface area contributed by atoms with Gasteiger partial charge in [-0.2, -0.15) is 15.0 Å². The van der Waals surface area contributed by atoms with E-state index in [1.54, 1.807) is 19.0 Å². The van der Waals surface area contributed by atoms with Crippen LogP contribution in [0.3, 0.4) is 0 Å². The molecule has 1 atom stereocenters. The Bertz CT molecular complexity index is 531. The number of carbonyl (C=O) groups excluding carboxylic acids is 1. The van der Waals surface area contributed by atoms with Gasteiger partial charge in [0, 0.05) is 26.7 Å². The molecule has 116 valence electrons. The molecule has 0 bridgehead atoms. The Balaban J connectivity index is 2.10. The molecule has 8 nitrogen and oxygen atoms in total. The summed E-state index contributed by atoms with van der Waals surface area (Å²) in [6.07, 6.45) is 1.52. The van der Waals surface area contributed by atoms with E-state index in [2.05, 4.69) is 20.3 Å². The largest absolute Gasteiger partial charge is 0.375 e. The second kappa shape index (κ2) is 5.80. The molecule has 1 aromatic heterocycles. The number of amides is 1. The summed E-state index contributed by atoms with van der Waals surface area (Å²) in [6, 6.07) is 0.0436. The molecule has 1 saturated heterocycles. The fourth-order valence-electron chi connectivity index (χ4n) is 2.29. The van der Waals surface area contributed by atoms with Crippen molar-refractivity contribution in [1.29, 1.82) is 0 Å². The fourth-order valence-corrected chi connectivity index (χ4v) is 2.29. The SMILES string of the molecule is CN(C)c1nc(N)nc(C(=O)N[C@@H]2CCOC(C)(C)C2)n1. The van der Waals surface area contributed by atoms with Gasteiger partial charge < -0.3 is 20.7 Å². The van der Waals surface area contributed by atoms with Crippen molar-refractivity contribution in [2.24, 2.45) is 0 Å². The minimum absolute atomic E-state index is 0.0335. The standard InChI is InChI=1S/C13H22N6O2/c1-13(2)7-8(5-6-21-13)15-10(20)9-16-11(14)18-12(17-9)19(3)4/h8H,5-7H2,1-4H3,(H,15,20)(H2,14,16,17,18)/t8-/m1/s1. The zero-order valence-corrected chi connectivity index (χ0v) is 12.9. The molecule has 21 heavy (non-hydrogen) atoms. The molecule has 0 spiro atoms. The molecule has 8 heteroatoms. The first kappa shape index (κ1) is 15.4. The van der Waals surface area contributed by atoms with Gasteiger partial charge in [0.2, 0.25) is 17.7 Å². The van der Waals surface area contributed by atoms with Crippen LogP contribution in [-0.4, -0.2) is 53.2 Å². The lowest BCUT2D eigenvalue weighted by Crippen LogP contribution is -2.46. The van der Waals surface area contributed by atoms with Crippen molar-refractivity contribution in [2.75, 3.05) is 31.3 Å². The maximum absolute atomic E-state index is 12.3. The Hall–Kier alpha value is -1.96. The van der Waals surface area contributed by atoms with E-state index in [-0.39, 0.29) is 29.3 Å². The molecule has 0 aromatic carbocycles. The number of aromatic nitrogens is 3. The lowest BCUT2D eigenvalue weighted by Gasteiger charge is -2.35. The number of rotatable bonds is 3. The monoisotopic (exact) mass is 294 g/mol. The first-order valence-electron chi connectivity index (χ1n) is 6.90. The molecule has 2 heterocycles. The smallest absolute Gasteiger partial charge is 0.289 e. The van der Waals surface area contributed by atoms with E-state index in [1.807, 2.05) is 13.8 Å². The molecular weight excluding hydrogens is 272 g/mol. The molecule has 1 aromatic rings. The molecular formula is C13H22N6O2. The third-order valence-electron chi connectivity index (χ3n) is 3.28. The van der Waals surface area contributed by atoms with Crippen LogP contribution < -0.4 is 16.0 Å². The van der Waals surface area contributed by atoms with Gasteiger partial charge in [0.15, 0.2) is 0 Å². The predicted molar refractivity (Wildman–Crippen MR) is 79.1 cm³/mol. The Kier molecular flexibility index (Phi) is 4.26. The summed E-state index contributed by atoms with van der Waals surface area (Å²) >= 11 is 0. The van der Waals surface area contributed by atoms with E-state index < -0.39 is 0 Å². The highest BCUT2D eigenvalue weighted by molar-refractivity contribution is 5.91. The van der Waals surface area contributed by atoms with Crippen LogP contribution in [0, 0.1) is 0 Å². The molecule has 0 saturated carbocycles. The maximum Gasteiger partial charge on any atom is 0.289 e. The van der Waals surface area contributed by atoms with Crippen molar-refractivity contribution in [3.05, 3.63) is 5.82 Å². The number of carbonyl (C=O) groups is 1. The molecule has 1 aliphatic rings. The molecule has 1 aliphatic heterocycles. The fraction of sp³-hybridized carbons (Fsp3) is 0.692. The molecule has 1 fully saturated rings. The van der Waals surface area contributed by atoms with Gasteiger partial charge in [0.05, 0.1) is 5.60 Å². The highest BCUT2D eigenvalue weighted by atomic mass is 16.5. The average Bonchev–Trinajstić information content (AvgIpc) is 2.36. The lowest BCUT2D eigenvalue weighted by molar-refractivity contribution is -0.0615. The van der Waals surface area contributed by atoms with Crippen LogP contribution >= 0.6 is 0 Å². The quantitative estimate of drug-likeness (QED) is 0.820. The van der Waals surface area contributed by atoms with Crippen molar-refractivity contribution >= 4 is 17.8 Å². The molecule has 0 unspecified atom stereocenters. The van der Waals surface area contributed by atoms with Crippen LogP contribution in [0.1, 0.15) is 37.3 Å². The summed E-state index contributed by atoms with van der Waals surface area (Å²) in [6.45, 7) is 4.65. The first-order valence-corrected chi connectivity index (χ1v) is 6.90. The van der Waals surface area contributed by atoms with Crippen molar-refractivity contribution in [2.45, 2.75) is 38.3 Å². The molecule has 2 rings (SSSR count). The molecule has 3 N–H and O–H groups in total. The van der Waals surface area contributed by atoms with Gasteiger partial charge in [-0.1, -0.05) is 0 Å². The normalized spacial score (nSPS) is 20.9. The van der Waals surface area contributed by atoms with Gasteiger partial charge in [0.25, 0.3) is 5.91 Å². The van der Waals surface area contributed by atoms with Gasteiger partial charge in [-0.15, -0.1) is 0 Å². The summed E-state index contributed by atoms with van der Waals surface area (Å²) < 4.78 is 5.63. The van der Waals surface area contributed by atoms with Crippen LogP contribution in [0.2, 0.25) is 0 Å². The average molecular weight is 294 g/mol. The van der Waals surface area contributed by atoms with Crippen molar-refractivity contribution < 1.29 is 9.53 Å². The number of nitrogens with one attached hydrogen (secondary N) is 1. The minimum atomic E-state index is -0.338. The van der Waals surface area contributed by atoms with Gasteiger partial charge in [0.1, 0.15) is 0 Å². The van der Waals surface area contributed by atoms with Crippen molar-refractivity contribution in [3.8, 4) is 0 Å². The van der Waals surface area contributed by atoms with Crippen molar-refractivity contribution in [1.82, 2.24) is 20.3 Å². The number of anilines is 2. The Morgan fingerprint density at radius 2 is 2.10 bits per heavy atom. The predicted octanol–water partition coefficient (Wildman–Crippen LogP) is 0.207.